The number of hydrogen-bond acceptors (Lipinski definition) is 7. The van der Waals surface area contributed by atoms with Crippen LogP contribution in [0.3, 0.4) is 0 Å². The summed E-state index contributed by atoms with van der Waals surface area (Å²) in [5.74, 6) is -0.497. The second-order valence-electron chi connectivity index (χ2n) is 6.15. The topological polar surface area (TPSA) is 73.3 Å². The molecule has 2 heterocycles. The van der Waals surface area contributed by atoms with Gasteiger partial charge in [-0.2, -0.15) is 0 Å². The number of fused-ring (bicyclic) bond motifs is 1. The van der Waals surface area contributed by atoms with Crippen molar-refractivity contribution >= 4 is 60.7 Å². The van der Waals surface area contributed by atoms with Gasteiger partial charge in [-0.15, -0.1) is 11.3 Å². The molecule has 0 aliphatic carbocycles. The van der Waals surface area contributed by atoms with Crippen molar-refractivity contribution in [1.29, 1.82) is 0 Å². The zero-order valence-electron chi connectivity index (χ0n) is 15.4. The highest BCUT2D eigenvalue weighted by atomic mass is 35.5. The molecule has 0 saturated heterocycles. The van der Waals surface area contributed by atoms with E-state index in [1.807, 2.05) is 12.1 Å². The number of halogens is 1. The predicted octanol–water partition coefficient (Wildman–Crippen LogP) is 5.46. The van der Waals surface area contributed by atoms with E-state index in [1.54, 1.807) is 38.3 Å². The van der Waals surface area contributed by atoms with Crippen molar-refractivity contribution in [3.05, 3.63) is 46.4 Å². The lowest BCUT2D eigenvalue weighted by atomic mass is 10.2. The number of hydrogen-bond donors (Lipinski definition) is 0. The van der Waals surface area contributed by atoms with Crippen molar-refractivity contribution < 1.29 is 17.9 Å². The van der Waals surface area contributed by atoms with E-state index in [0.29, 0.717) is 25.7 Å². The van der Waals surface area contributed by atoms with Gasteiger partial charge in [-0.25, -0.2) is 13.2 Å². The maximum atomic E-state index is 12.7. The zero-order chi connectivity index (χ0) is 20.5. The standard InChI is InChI=1S/C19H18ClNO4S3/c1-4-25-19(22)14-9-21-16-15(28(23,24)11(2)3)10-26-18(16)17(14)27-13-7-5-6-12(20)8-13/h5-11H,4H2,1-3H3. The third-order valence-corrected chi connectivity index (χ3v) is 8.73. The lowest BCUT2D eigenvalue weighted by Crippen LogP contribution is -2.14. The van der Waals surface area contributed by atoms with E-state index in [9.17, 15) is 13.2 Å². The number of ether oxygens (including phenoxy) is 1. The Morgan fingerprint density at radius 3 is 2.75 bits per heavy atom. The van der Waals surface area contributed by atoms with Gasteiger partial charge in [0, 0.05) is 26.4 Å². The molecule has 0 N–H and O–H groups in total. The van der Waals surface area contributed by atoms with Gasteiger partial charge in [0.1, 0.15) is 10.4 Å². The van der Waals surface area contributed by atoms with Gasteiger partial charge < -0.3 is 4.74 Å². The highest BCUT2D eigenvalue weighted by Gasteiger charge is 2.27. The monoisotopic (exact) mass is 455 g/mol. The van der Waals surface area contributed by atoms with E-state index in [1.165, 1.54) is 29.3 Å². The Morgan fingerprint density at radius 1 is 1.36 bits per heavy atom. The van der Waals surface area contributed by atoms with Crippen LogP contribution in [-0.2, 0) is 14.6 Å². The predicted molar refractivity (Wildman–Crippen MR) is 113 cm³/mol. The first kappa shape index (κ1) is 21.1. The average Bonchev–Trinajstić information content (AvgIpc) is 3.07. The SMILES string of the molecule is CCOC(=O)c1cnc2c(S(=O)(=O)C(C)C)csc2c1Sc1cccc(Cl)c1. The van der Waals surface area contributed by atoms with Gasteiger partial charge in [0.05, 0.1) is 22.1 Å². The Hall–Kier alpha value is -1.61. The van der Waals surface area contributed by atoms with Crippen molar-refractivity contribution in [3.63, 3.8) is 0 Å². The second kappa shape index (κ2) is 8.41. The Bertz CT molecular complexity index is 1140. The van der Waals surface area contributed by atoms with Crippen molar-refractivity contribution in [3.8, 4) is 0 Å². The molecular formula is C19H18ClNO4S3. The smallest absolute Gasteiger partial charge is 0.340 e. The molecule has 0 amide bonds. The van der Waals surface area contributed by atoms with Gasteiger partial charge in [-0.3, -0.25) is 4.98 Å². The molecule has 0 aliphatic rings. The van der Waals surface area contributed by atoms with Gasteiger partial charge in [-0.05, 0) is 39.0 Å². The molecule has 0 saturated carbocycles. The number of thiophene rings is 1. The molecule has 28 heavy (non-hydrogen) atoms. The second-order valence-corrected chi connectivity index (χ2v) is 11.0. The number of carbonyl (C=O) groups is 1. The van der Waals surface area contributed by atoms with E-state index in [2.05, 4.69) is 4.98 Å². The van der Waals surface area contributed by atoms with Crippen LogP contribution in [0.1, 0.15) is 31.1 Å². The molecular weight excluding hydrogens is 438 g/mol. The fourth-order valence-corrected chi connectivity index (χ4v) is 6.52. The Balaban J connectivity index is 2.23. The molecule has 5 nitrogen and oxygen atoms in total. The minimum atomic E-state index is -3.50. The number of nitrogens with zero attached hydrogens (tertiary/aromatic N) is 1. The lowest BCUT2D eigenvalue weighted by Gasteiger charge is -2.11. The summed E-state index contributed by atoms with van der Waals surface area (Å²) in [7, 11) is -3.50. The molecule has 3 rings (SSSR count). The summed E-state index contributed by atoms with van der Waals surface area (Å²) in [6, 6.07) is 7.23. The minimum absolute atomic E-state index is 0.186. The fraction of sp³-hybridized carbons (Fsp3) is 0.263. The highest BCUT2D eigenvalue weighted by molar-refractivity contribution is 7.99. The van der Waals surface area contributed by atoms with Crippen LogP contribution in [0.2, 0.25) is 5.02 Å². The molecule has 148 valence electrons. The van der Waals surface area contributed by atoms with Crippen LogP contribution < -0.4 is 0 Å². The number of carbonyl (C=O) groups excluding carboxylic acids is 1. The molecule has 0 atom stereocenters. The molecule has 1 aromatic carbocycles. The van der Waals surface area contributed by atoms with Gasteiger partial charge >= 0.3 is 5.97 Å². The van der Waals surface area contributed by atoms with Crippen LogP contribution in [0.15, 0.2) is 50.5 Å². The number of esters is 1. The molecule has 0 aliphatic heterocycles. The van der Waals surface area contributed by atoms with Crippen LogP contribution >= 0.6 is 34.7 Å². The van der Waals surface area contributed by atoms with E-state index in [-0.39, 0.29) is 11.5 Å². The summed E-state index contributed by atoms with van der Waals surface area (Å²) >= 11 is 8.68. The lowest BCUT2D eigenvalue weighted by molar-refractivity contribution is 0.0522. The van der Waals surface area contributed by atoms with Crippen molar-refractivity contribution in [2.75, 3.05) is 6.61 Å². The Kier molecular flexibility index (Phi) is 6.34. The van der Waals surface area contributed by atoms with Gasteiger partial charge in [-0.1, -0.05) is 29.4 Å². The normalized spacial score (nSPS) is 11.9. The molecule has 0 spiro atoms. The van der Waals surface area contributed by atoms with Crippen molar-refractivity contribution in [1.82, 2.24) is 4.98 Å². The molecule has 0 fully saturated rings. The van der Waals surface area contributed by atoms with Gasteiger partial charge in [0.25, 0.3) is 0 Å². The molecule has 0 bridgehead atoms. The van der Waals surface area contributed by atoms with Crippen molar-refractivity contribution in [2.24, 2.45) is 0 Å². The number of sulfone groups is 1. The number of pyridine rings is 1. The quantitative estimate of drug-likeness (QED) is 0.459. The van der Waals surface area contributed by atoms with Crippen LogP contribution in [0.5, 0.6) is 0 Å². The van der Waals surface area contributed by atoms with Crippen LogP contribution in [0.4, 0.5) is 0 Å². The first-order chi connectivity index (χ1) is 13.3. The number of aromatic nitrogens is 1. The molecule has 9 heteroatoms. The Morgan fingerprint density at radius 2 is 2.11 bits per heavy atom. The summed E-state index contributed by atoms with van der Waals surface area (Å²) in [5, 5.41) is 1.59. The Labute approximate surface area is 177 Å². The molecule has 3 aromatic rings. The van der Waals surface area contributed by atoms with Gasteiger partial charge in [0.15, 0.2) is 9.84 Å². The third-order valence-electron chi connectivity index (χ3n) is 3.94. The maximum Gasteiger partial charge on any atom is 0.340 e. The van der Waals surface area contributed by atoms with Crippen LogP contribution in [0.25, 0.3) is 10.2 Å². The van der Waals surface area contributed by atoms with E-state index in [4.69, 9.17) is 16.3 Å². The molecule has 0 radical (unpaired) electrons. The summed E-state index contributed by atoms with van der Waals surface area (Å²) in [4.78, 5) is 18.4. The zero-order valence-corrected chi connectivity index (χ0v) is 18.6. The molecule has 2 aromatic heterocycles. The van der Waals surface area contributed by atoms with E-state index >= 15 is 0 Å². The number of rotatable bonds is 6. The molecule has 0 unspecified atom stereocenters. The summed E-state index contributed by atoms with van der Waals surface area (Å²) in [6.45, 7) is 5.22. The van der Waals surface area contributed by atoms with Crippen LogP contribution in [-0.4, -0.2) is 31.2 Å². The summed E-state index contributed by atoms with van der Waals surface area (Å²) < 4.78 is 31.2. The minimum Gasteiger partial charge on any atom is -0.462 e. The third kappa shape index (κ3) is 4.05. The largest absolute Gasteiger partial charge is 0.462 e. The first-order valence-electron chi connectivity index (χ1n) is 8.50. The van der Waals surface area contributed by atoms with E-state index < -0.39 is 21.1 Å². The summed E-state index contributed by atoms with van der Waals surface area (Å²) in [5.41, 5.74) is 0.672. The maximum absolute atomic E-state index is 12.7. The van der Waals surface area contributed by atoms with Crippen LogP contribution in [0, 0.1) is 0 Å². The van der Waals surface area contributed by atoms with Gasteiger partial charge in [0.2, 0.25) is 0 Å². The van der Waals surface area contributed by atoms with E-state index in [0.717, 1.165) is 4.90 Å². The fourth-order valence-electron chi connectivity index (χ4n) is 2.49. The highest BCUT2D eigenvalue weighted by Crippen LogP contribution is 2.41. The average molecular weight is 456 g/mol. The number of benzene rings is 1. The summed E-state index contributed by atoms with van der Waals surface area (Å²) in [6.07, 6.45) is 1.39. The first-order valence-corrected chi connectivity index (χ1v) is 12.1. The van der Waals surface area contributed by atoms with Crippen molar-refractivity contribution in [2.45, 2.75) is 40.7 Å².